The number of nitrogens with zero attached hydrogens (tertiary/aromatic N) is 4. The molecule has 7 heteroatoms. The summed E-state index contributed by atoms with van der Waals surface area (Å²) in [4.78, 5) is 14.8. The maximum Gasteiger partial charge on any atom is 0.328 e. The summed E-state index contributed by atoms with van der Waals surface area (Å²) < 4.78 is 0. The van der Waals surface area contributed by atoms with Crippen molar-refractivity contribution in [1.29, 1.82) is 0 Å². The van der Waals surface area contributed by atoms with Crippen molar-refractivity contribution in [2.45, 2.75) is 44.2 Å². The summed E-state index contributed by atoms with van der Waals surface area (Å²) in [6, 6.07) is -0.209. The fourth-order valence-corrected chi connectivity index (χ4v) is 3.81. The summed E-state index contributed by atoms with van der Waals surface area (Å²) in [5.74, 6) is 0.479. The second-order valence-corrected chi connectivity index (χ2v) is 6.26. The number of likely N-dealkylation sites (N-methyl/N-ethyl adjacent to an activating group) is 1. The predicted octanol–water partition coefficient (Wildman–Crippen LogP) is 1.78. The van der Waals surface area contributed by atoms with Gasteiger partial charge in [0.05, 0.1) is 6.54 Å². The van der Waals surface area contributed by atoms with Gasteiger partial charge < -0.3 is 10.0 Å². The zero-order valence-corrected chi connectivity index (χ0v) is 11.8. The van der Waals surface area contributed by atoms with Crippen LogP contribution in [0.4, 0.5) is 9.93 Å². The van der Waals surface area contributed by atoms with Crippen LogP contribution in [-0.4, -0.2) is 46.1 Å². The lowest BCUT2D eigenvalue weighted by Crippen LogP contribution is -2.34. The highest BCUT2D eigenvalue weighted by Crippen LogP contribution is 2.37. The lowest BCUT2D eigenvalue weighted by molar-refractivity contribution is 0.183. The normalized spacial score (nSPS) is 25.4. The molecule has 0 spiro atoms. The van der Waals surface area contributed by atoms with Crippen LogP contribution >= 0.6 is 11.3 Å². The molecule has 3 rings (SSSR count). The molecule has 1 saturated heterocycles. The van der Waals surface area contributed by atoms with Crippen LogP contribution in [-0.2, 0) is 0 Å². The average molecular weight is 282 g/mol. The fourth-order valence-electron chi connectivity index (χ4n) is 2.76. The summed E-state index contributed by atoms with van der Waals surface area (Å²) in [6.07, 6.45) is 5.29. The fraction of sp³-hybridized carbons (Fsp3) is 0.750. The molecule has 2 aliphatic rings. The van der Waals surface area contributed by atoms with Gasteiger partial charge >= 0.3 is 6.03 Å². The summed E-state index contributed by atoms with van der Waals surface area (Å²) in [5.41, 5.74) is 0. The van der Waals surface area contributed by atoms with E-state index >= 15 is 0 Å². The van der Waals surface area contributed by atoms with Crippen molar-refractivity contribution in [3.8, 4) is 0 Å². The van der Waals surface area contributed by atoms with Crippen LogP contribution in [0.1, 0.15) is 43.0 Å². The van der Waals surface area contributed by atoms with E-state index in [-0.39, 0.29) is 6.03 Å². The number of β-amino-alcohol motifs (C(OH)–C–C–N with tert-alkyl or cyclic N) is 1. The number of aliphatic hydroxyl groups is 1. The van der Waals surface area contributed by atoms with Gasteiger partial charge in [0.25, 0.3) is 0 Å². The number of anilines is 1. The second-order valence-electron chi connectivity index (χ2n) is 5.27. The monoisotopic (exact) mass is 282 g/mol. The lowest BCUT2D eigenvalue weighted by atomic mass is 9.90. The van der Waals surface area contributed by atoms with E-state index in [4.69, 9.17) is 0 Å². The van der Waals surface area contributed by atoms with Crippen LogP contribution in [0, 0.1) is 0 Å². The highest BCUT2D eigenvalue weighted by atomic mass is 32.1. The minimum atomic E-state index is -0.815. The minimum Gasteiger partial charge on any atom is -0.371 e. The van der Waals surface area contributed by atoms with Crippen molar-refractivity contribution < 1.29 is 9.90 Å². The van der Waals surface area contributed by atoms with E-state index < -0.39 is 6.23 Å². The third kappa shape index (κ3) is 2.32. The van der Waals surface area contributed by atoms with Crippen molar-refractivity contribution in [1.82, 2.24) is 15.1 Å². The summed E-state index contributed by atoms with van der Waals surface area (Å²) in [7, 11) is 1.68. The lowest BCUT2D eigenvalue weighted by Gasteiger charge is -2.18. The van der Waals surface area contributed by atoms with Gasteiger partial charge in [0.2, 0.25) is 5.13 Å². The number of aliphatic hydroxyl groups excluding tert-OH is 1. The Morgan fingerprint density at radius 1 is 1.26 bits per heavy atom. The van der Waals surface area contributed by atoms with E-state index in [1.807, 2.05) is 0 Å². The van der Waals surface area contributed by atoms with Crippen LogP contribution < -0.4 is 4.90 Å². The van der Waals surface area contributed by atoms with Crippen LogP contribution in [0.15, 0.2) is 0 Å². The van der Waals surface area contributed by atoms with Crippen LogP contribution in [0.25, 0.3) is 0 Å². The molecule has 0 radical (unpaired) electrons. The van der Waals surface area contributed by atoms with Gasteiger partial charge in [-0.2, -0.15) is 0 Å². The summed E-state index contributed by atoms with van der Waals surface area (Å²) in [6.45, 7) is 0.317. The number of rotatable bonds is 2. The standard InChI is InChI=1S/C12H18N4O2S/c1-15-7-9(17)16(12(15)18)11-14-13-10(19-11)8-5-3-2-4-6-8/h8-9,17H,2-7H2,1H3. The molecule has 1 aliphatic heterocycles. The van der Waals surface area contributed by atoms with Crippen LogP contribution in [0.5, 0.6) is 0 Å². The van der Waals surface area contributed by atoms with E-state index in [1.54, 1.807) is 7.05 Å². The van der Waals surface area contributed by atoms with Crippen molar-refractivity contribution in [3.63, 3.8) is 0 Å². The van der Waals surface area contributed by atoms with Gasteiger partial charge in [-0.15, -0.1) is 10.2 Å². The molecule has 6 nitrogen and oxygen atoms in total. The van der Waals surface area contributed by atoms with Gasteiger partial charge in [-0.25, -0.2) is 9.69 Å². The van der Waals surface area contributed by atoms with E-state index in [0.717, 1.165) is 17.8 Å². The molecule has 1 aromatic heterocycles. The van der Waals surface area contributed by atoms with Crippen molar-refractivity contribution >= 4 is 22.5 Å². The van der Waals surface area contributed by atoms with E-state index in [0.29, 0.717) is 17.6 Å². The molecule has 0 aromatic carbocycles. The largest absolute Gasteiger partial charge is 0.371 e. The molecule has 0 bridgehead atoms. The number of amides is 2. The molecular formula is C12H18N4O2S. The SMILES string of the molecule is CN1CC(O)N(c2nnc(C3CCCCC3)s2)C1=O. The predicted molar refractivity (Wildman–Crippen MR) is 72.2 cm³/mol. The molecule has 1 aliphatic carbocycles. The Labute approximate surface area is 116 Å². The van der Waals surface area contributed by atoms with Crippen molar-refractivity contribution in [3.05, 3.63) is 5.01 Å². The molecule has 2 amide bonds. The first-order valence-corrected chi connectivity index (χ1v) is 7.54. The maximum absolute atomic E-state index is 11.9. The topological polar surface area (TPSA) is 69.6 Å². The van der Waals surface area contributed by atoms with Gasteiger partial charge in [-0.05, 0) is 12.8 Å². The molecule has 1 unspecified atom stereocenters. The zero-order valence-electron chi connectivity index (χ0n) is 10.9. The molecule has 1 saturated carbocycles. The van der Waals surface area contributed by atoms with Gasteiger partial charge in [0.15, 0.2) is 6.23 Å². The van der Waals surface area contributed by atoms with E-state index in [2.05, 4.69) is 10.2 Å². The Hall–Kier alpha value is -1.21. The summed E-state index contributed by atoms with van der Waals surface area (Å²) >= 11 is 1.44. The maximum atomic E-state index is 11.9. The number of urea groups is 1. The smallest absolute Gasteiger partial charge is 0.328 e. The molecule has 19 heavy (non-hydrogen) atoms. The number of aromatic nitrogens is 2. The number of carbonyl (C=O) groups is 1. The Kier molecular flexibility index (Phi) is 3.40. The molecule has 2 heterocycles. The third-order valence-electron chi connectivity index (χ3n) is 3.86. The van der Waals surface area contributed by atoms with Crippen LogP contribution in [0.2, 0.25) is 0 Å². The average Bonchev–Trinajstić information content (AvgIpc) is 2.97. The van der Waals surface area contributed by atoms with Crippen molar-refractivity contribution in [2.24, 2.45) is 0 Å². The van der Waals surface area contributed by atoms with Crippen molar-refractivity contribution in [2.75, 3.05) is 18.5 Å². The Bertz CT molecular complexity index is 472. The van der Waals surface area contributed by atoms with Gasteiger partial charge in [0, 0.05) is 13.0 Å². The number of hydrogen-bond donors (Lipinski definition) is 1. The van der Waals surface area contributed by atoms with Crippen LogP contribution in [0.3, 0.4) is 0 Å². The highest BCUT2D eigenvalue weighted by Gasteiger charge is 2.37. The Morgan fingerprint density at radius 2 is 2.00 bits per heavy atom. The molecule has 1 atom stereocenters. The second kappa shape index (κ2) is 5.05. The molecule has 2 fully saturated rings. The van der Waals surface area contributed by atoms with Gasteiger partial charge in [0.1, 0.15) is 5.01 Å². The third-order valence-corrected chi connectivity index (χ3v) is 4.94. The number of hydrogen-bond acceptors (Lipinski definition) is 5. The minimum absolute atomic E-state index is 0.209. The first-order chi connectivity index (χ1) is 9.16. The molecule has 104 valence electrons. The molecule has 1 N–H and O–H groups in total. The zero-order chi connectivity index (χ0) is 13.4. The van der Waals surface area contributed by atoms with Gasteiger partial charge in [-0.1, -0.05) is 30.6 Å². The van der Waals surface area contributed by atoms with Gasteiger partial charge in [-0.3, -0.25) is 0 Å². The first kappa shape index (κ1) is 12.8. The highest BCUT2D eigenvalue weighted by molar-refractivity contribution is 7.15. The first-order valence-electron chi connectivity index (χ1n) is 6.72. The Balaban J connectivity index is 1.79. The van der Waals surface area contributed by atoms with E-state index in [9.17, 15) is 9.90 Å². The molecular weight excluding hydrogens is 264 g/mol. The summed E-state index contributed by atoms with van der Waals surface area (Å²) in [5, 5.41) is 19.7. The van der Waals surface area contributed by atoms with E-state index in [1.165, 1.54) is 40.4 Å². The number of carbonyl (C=O) groups excluding carboxylic acids is 1. The molecule has 1 aromatic rings. The quantitative estimate of drug-likeness (QED) is 0.897. The Morgan fingerprint density at radius 3 is 2.63 bits per heavy atom.